The molecule has 7 heteroatoms. The molecule has 4 bridgehead atoms. The van der Waals surface area contributed by atoms with Gasteiger partial charge in [-0.3, -0.25) is 9.48 Å². The van der Waals surface area contributed by atoms with Crippen molar-refractivity contribution in [2.45, 2.75) is 58.1 Å². The van der Waals surface area contributed by atoms with Crippen molar-refractivity contribution in [2.75, 3.05) is 36.5 Å². The number of nitrogens with zero attached hydrogens (tertiary/aromatic N) is 3. The van der Waals surface area contributed by atoms with Gasteiger partial charge in [0.05, 0.1) is 35.6 Å². The second-order valence-corrected chi connectivity index (χ2v) is 10.9. The lowest BCUT2D eigenvalue weighted by Gasteiger charge is -2.30. The molecule has 3 aliphatic rings. The summed E-state index contributed by atoms with van der Waals surface area (Å²) in [5.74, 6) is 2.12. The summed E-state index contributed by atoms with van der Waals surface area (Å²) < 4.78 is 14.1. The predicted octanol–water partition coefficient (Wildman–Crippen LogP) is 5.66. The zero-order valence-corrected chi connectivity index (χ0v) is 21.3. The first kappa shape index (κ1) is 23.3. The van der Waals surface area contributed by atoms with E-state index in [1.54, 1.807) is 6.07 Å². The molecule has 1 N–H and O–H groups in total. The largest absolute Gasteiger partial charge is 0.491 e. The highest BCUT2D eigenvalue weighted by Gasteiger charge is 2.28. The van der Waals surface area contributed by atoms with Crippen molar-refractivity contribution < 1.29 is 14.3 Å². The number of aromatic nitrogens is 2. The summed E-state index contributed by atoms with van der Waals surface area (Å²) in [5, 5.41) is 9.27. The van der Waals surface area contributed by atoms with Crippen molar-refractivity contribution in [1.29, 1.82) is 0 Å². The first-order chi connectivity index (χ1) is 17.5. The first-order valence-electron chi connectivity index (χ1n) is 13.5. The van der Waals surface area contributed by atoms with Crippen molar-refractivity contribution in [1.82, 2.24) is 9.78 Å². The number of hydrogen-bond acceptors (Lipinski definition) is 5. The van der Waals surface area contributed by atoms with Crippen LogP contribution in [0, 0.1) is 11.8 Å². The van der Waals surface area contributed by atoms with Crippen molar-refractivity contribution in [3.63, 3.8) is 0 Å². The number of fused-ring (bicyclic) bond motifs is 7. The Kier molecular flexibility index (Phi) is 6.34. The van der Waals surface area contributed by atoms with Crippen LogP contribution in [0.2, 0.25) is 0 Å². The molecule has 1 saturated heterocycles. The fourth-order valence-corrected chi connectivity index (χ4v) is 6.04. The fraction of sp³-hybridized carbons (Fsp3) is 0.517. The van der Waals surface area contributed by atoms with E-state index in [1.165, 1.54) is 25.7 Å². The van der Waals surface area contributed by atoms with Crippen LogP contribution < -0.4 is 15.0 Å². The molecule has 1 saturated carbocycles. The number of ether oxygens (including phenoxy) is 2. The van der Waals surface area contributed by atoms with Crippen molar-refractivity contribution >= 4 is 28.2 Å². The van der Waals surface area contributed by atoms with Gasteiger partial charge in [-0.25, -0.2) is 0 Å². The molecule has 1 amide bonds. The van der Waals surface area contributed by atoms with Crippen LogP contribution in [0.15, 0.2) is 42.6 Å². The number of amides is 1. The minimum Gasteiger partial charge on any atom is -0.491 e. The van der Waals surface area contributed by atoms with Gasteiger partial charge in [0.2, 0.25) is 0 Å². The standard InChI is InChI=1S/C29H36N4O3/c1-19(2)20-6-8-23(9-7-20)33-17-22-15-27-28(16-26(22)31-33)32-11-10-25(18-32)36-13-12-35-24-5-3-4-21(14-24)29(34)30-27/h3-5,14-17,19-20,23,25H,6-13,18H2,1-2H3,(H,30,34)/t20?,23?,25-/m1/s1. The third kappa shape index (κ3) is 4.69. The number of anilines is 2. The fourth-order valence-electron chi connectivity index (χ4n) is 6.04. The Morgan fingerprint density at radius 3 is 2.75 bits per heavy atom. The molecule has 1 aromatic heterocycles. The van der Waals surface area contributed by atoms with E-state index < -0.39 is 0 Å². The Morgan fingerprint density at radius 2 is 1.92 bits per heavy atom. The maximum absolute atomic E-state index is 13.3. The van der Waals surface area contributed by atoms with Gasteiger partial charge >= 0.3 is 0 Å². The van der Waals surface area contributed by atoms with Crippen LogP contribution in [-0.4, -0.2) is 48.1 Å². The van der Waals surface area contributed by atoms with E-state index in [-0.39, 0.29) is 12.0 Å². The average molecular weight is 489 g/mol. The van der Waals surface area contributed by atoms with E-state index in [4.69, 9.17) is 14.6 Å². The van der Waals surface area contributed by atoms with Crippen molar-refractivity contribution in [2.24, 2.45) is 11.8 Å². The van der Waals surface area contributed by atoms with Gasteiger partial charge in [0.15, 0.2) is 0 Å². The molecule has 3 heterocycles. The SMILES string of the molecule is CC(C)C1CCC(n2cc3cc4c(cc3n2)N2CC[C@H](C2)OCCOc2cccc(c2)C(=O)N4)CC1. The Labute approximate surface area is 212 Å². The number of rotatable bonds is 2. The molecule has 2 aliphatic heterocycles. The molecule has 2 aromatic carbocycles. The van der Waals surface area contributed by atoms with Crippen molar-refractivity contribution in [3.05, 3.63) is 48.2 Å². The zero-order chi connectivity index (χ0) is 24.6. The number of benzene rings is 2. The predicted molar refractivity (Wildman–Crippen MR) is 142 cm³/mol. The number of hydrogen-bond donors (Lipinski definition) is 1. The summed E-state index contributed by atoms with van der Waals surface area (Å²) in [6.45, 7) is 7.35. The van der Waals surface area contributed by atoms with Crippen LogP contribution >= 0.6 is 0 Å². The Bertz CT molecular complexity index is 1240. The Balaban J connectivity index is 1.34. The van der Waals surface area contributed by atoms with Crippen LogP contribution in [0.25, 0.3) is 10.9 Å². The van der Waals surface area contributed by atoms with E-state index >= 15 is 0 Å². The first-order valence-corrected chi connectivity index (χ1v) is 13.5. The highest BCUT2D eigenvalue weighted by Crippen LogP contribution is 2.38. The molecule has 36 heavy (non-hydrogen) atoms. The average Bonchev–Trinajstić information content (AvgIpc) is 3.53. The molecule has 0 unspecified atom stereocenters. The molecule has 2 fully saturated rings. The van der Waals surface area contributed by atoms with Gasteiger partial charge in [0.25, 0.3) is 5.91 Å². The van der Waals surface area contributed by atoms with Crippen LogP contribution in [0.5, 0.6) is 5.75 Å². The van der Waals surface area contributed by atoms with E-state index in [0.717, 1.165) is 53.6 Å². The second kappa shape index (κ2) is 9.77. The maximum atomic E-state index is 13.3. The summed E-state index contributed by atoms with van der Waals surface area (Å²) in [7, 11) is 0. The number of carbonyl (C=O) groups is 1. The van der Waals surface area contributed by atoms with Crippen LogP contribution in [0.3, 0.4) is 0 Å². The summed E-state index contributed by atoms with van der Waals surface area (Å²) in [4.78, 5) is 15.6. The molecule has 1 aliphatic carbocycles. The Morgan fingerprint density at radius 1 is 1.06 bits per heavy atom. The van der Waals surface area contributed by atoms with Gasteiger partial charge in [0, 0.05) is 30.2 Å². The van der Waals surface area contributed by atoms with Gasteiger partial charge in [-0.15, -0.1) is 0 Å². The van der Waals surface area contributed by atoms with Crippen molar-refractivity contribution in [3.8, 4) is 5.75 Å². The van der Waals surface area contributed by atoms with E-state index in [9.17, 15) is 4.79 Å². The van der Waals surface area contributed by atoms with Gasteiger partial charge in [-0.2, -0.15) is 5.10 Å². The summed E-state index contributed by atoms with van der Waals surface area (Å²) >= 11 is 0. The zero-order valence-electron chi connectivity index (χ0n) is 21.3. The smallest absolute Gasteiger partial charge is 0.255 e. The number of nitrogens with one attached hydrogen (secondary N) is 1. The molecule has 0 spiro atoms. The van der Waals surface area contributed by atoms with E-state index in [1.807, 2.05) is 18.2 Å². The monoisotopic (exact) mass is 488 g/mol. The lowest BCUT2D eigenvalue weighted by atomic mass is 9.80. The topological polar surface area (TPSA) is 68.6 Å². The highest BCUT2D eigenvalue weighted by atomic mass is 16.5. The molecule has 3 aromatic rings. The highest BCUT2D eigenvalue weighted by molar-refractivity contribution is 6.07. The van der Waals surface area contributed by atoms with Gasteiger partial charge < -0.3 is 19.7 Å². The lowest BCUT2D eigenvalue weighted by molar-refractivity contribution is 0.0465. The second-order valence-electron chi connectivity index (χ2n) is 10.9. The maximum Gasteiger partial charge on any atom is 0.255 e. The molecular formula is C29H36N4O3. The minimum absolute atomic E-state index is 0.135. The van der Waals surface area contributed by atoms with E-state index in [2.05, 4.69) is 47.1 Å². The number of carbonyl (C=O) groups excluding carboxylic acids is 1. The molecule has 6 rings (SSSR count). The summed E-state index contributed by atoms with van der Waals surface area (Å²) in [5.41, 5.74) is 3.39. The summed E-state index contributed by atoms with van der Waals surface area (Å²) in [6, 6.07) is 12.0. The quantitative estimate of drug-likeness (QED) is 0.504. The normalized spacial score (nSPS) is 24.8. The molecule has 1 atom stereocenters. The van der Waals surface area contributed by atoms with Crippen LogP contribution in [0.4, 0.5) is 11.4 Å². The molecule has 190 valence electrons. The van der Waals surface area contributed by atoms with Crippen LogP contribution in [-0.2, 0) is 4.74 Å². The molecule has 7 nitrogen and oxygen atoms in total. The Hall–Kier alpha value is -3.06. The third-order valence-corrected chi connectivity index (χ3v) is 8.23. The van der Waals surface area contributed by atoms with Gasteiger partial charge in [0.1, 0.15) is 12.4 Å². The van der Waals surface area contributed by atoms with Gasteiger partial charge in [-0.05, 0) is 74.3 Å². The molecular weight excluding hydrogens is 452 g/mol. The lowest BCUT2D eigenvalue weighted by Crippen LogP contribution is -2.26. The van der Waals surface area contributed by atoms with Gasteiger partial charge in [-0.1, -0.05) is 19.9 Å². The van der Waals surface area contributed by atoms with E-state index in [0.29, 0.717) is 30.6 Å². The summed E-state index contributed by atoms with van der Waals surface area (Å²) in [6.07, 6.45) is 8.15. The minimum atomic E-state index is -0.135. The van der Waals surface area contributed by atoms with Crippen LogP contribution in [0.1, 0.15) is 62.4 Å². The third-order valence-electron chi connectivity index (χ3n) is 8.23. The molecule has 0 radical (unpaired) electrons.